The van der Waals surface area contributed by atoms with E-state index in [1.165, 1.54) is 0 Å². The Balaban J connectivity index is 1.71. The lowest BCUT2D eigenvalue weighted by atomic mass is 10.1. The molecule has 3 aromatic rings. The maximum Gasteiger partial charge on any atom is 0.252 e. The highest BCUT2D eigenvalue weighted by atomic mass is 16.2. The number of hydrogen-bond donors (Lipinski definition) is 2. The van der Waals surface area contributed by atoms with Gasteiger partial charge in [-0.15, -0.1) is 5.10 Å². The molecule has 2 heterocycles. The SMILES string of the molecule is CCCNC(=O)CCc1c(C)nc2nc(CNC(=O)c3ccccc3)nn2c1C. The van der Waals surface area contributed by atoms with Gasteiger partial charge in [0, 0.05) is 29.9 Å². The average molecular weight is 394 g/mol. The number of benzene rings is 1. The molecule has 0 fully saturated rings. The van der Waals surface area contributed by atoms with E-state index in [1.807, 2.05) is 39.0 Å². The predicted octanol–water partition coefficient (Wildman–Crippen LogP) is 2.13. The predicted molar refractivity (Wildman–Crippen MR) is 109 cm³/mol. The molecule has 2 aromatic heterocycles. The van der Waals surface area contributed by atoms with Crippen LogP contribution in [0.1, 0.15) is 52.9 Å². The van der Waals surface area contributed by atoms with Crippen LogP contribution in [0.5, 0.6) is 0 Å². The maximum absolute atomic E-state index is 12.2. The van der Waals surface area contributed by atoms with Crippen molar-refractivity contribution in [2.24, 2.45) is 0 Å². The van der Waals surface area contributed by atoms with Gasteiger partial charge in [-0.3, -0.25) is 9.59 Å². The number of nitrogens with one attached hydrogen (secondary N) is 2. The Morgan fingerprint density at radius 2 is 1.83 bits per heavy atom. The fourth-order valence-electron chi connectivity index (χ4n) is 3.13. The van der Waals surface area contributed by atoms with Gasteiger partial charge in [0.15, 0.2) is 5.82 Å². The Morgan fingerprint density at radius 3 is 2.55 bits per heavy atom. The van der Waals surface area contributed by atoms with E-state index in [0.29, 0.717) is 36.6 Å². The third-order valence-corrected chi connectivity index (χ3v) is 4.71. The van der Waals surface area contributed by atoms with Crippen molar-refractivity contribution in [3.63, 3.8) is 0 Å². The third kappa shape index (κ3) is 4.96. The van der Waals surface area contributed by atoms with Crippen molar-refractivity contribution in [2.45, 2.75) is 46.6 Å². The fraction of sp³-hybridized carbons (Fsp3) is 0.381. The van der Waals surface area contributed by atoms with Gasteiger partial charge in [0.1, 0.15) is 0 Å². The van der Waals surface area contributed by atoms with Gasteiger partial charge in [-0.05, 0) is 44.4 Å². The zero-order valence-corrected chi connectivity index (χ0v) is 17.0. The first-order valence-electron chi connectivity index (χ1n) is 9.81. The minimum absolute atomic E-state index is 0.0358. The van der Waals surface area contributed by atoms with E-state index in [0.717, 1.165) is 23.4 Å². The molecule has 0 saturated heterocycles. The number of aryl methyl sites for hydroxylation is 2. The minimum atomic E-state index is -0.177. The van der Waals surface area contributed by atoms with E-state index in [4.69, 9.17) is 0 Å². The number of carbonyl (C=O) groups is 2. The fourth-order valence-corrected chi connectivity index (χ4v) is 3.13. The second-order valence-corrected chi connectivity index (χ2v) is 6.90. The molecule has 0 bridgehead atoms. The summed E-state index contributed by atoms with van der Waals surface area (Å²) in [6.45, 7) is 6.79. The summed E-state index contributed by atoms with van der Waals surface area (Å²) in [5.41, 5.74) is 3.33. The molecule has 0 spiro atoms. The molecule has 8 heteroatoms. The Kier molecular flexibility index (Phi) is 6.54. The van der Waals surface area contributed by atoms with Gasteiger partial charge in [-0.2, -0.15) is 4.98 Å². The summed E-state index contributed by atoms with van der Waals surface area (Å²) >= 11 is 0. The highest BCUT2D eigenvalue weighted by Crippen LogP contribution is 2.15. The van der Waals surface area contributed by atoms with Crippen LogP contribution >= 0.6 is 0 Å². The Bertz CT molecular complexity index is 1010. The summed E-state index contributed by atoms with van der Waals surface area (Å²) in [5, 5.41) is 10.2. The van der Waals surface area contributed by atoms with Crippen molar-refractivity contribution in [1.82, 2.24) is 30.2 Å². The second kappa shape index (κ2) is 9.27. The van der Waals surface area contributed by atoms with Crippen molar-refractivity contribution < 1.29 is 9.59 Å². The zero-order valence-electron chi connectivity index (χ0n) is 17.0. The molecular weight excluding hydrogens is 368 g/mol. The molecule has 2 N–H and O–H groups in total. The number of aromatic nitrogens is 4. The van der Waals surface area contributed by atoms with E-state index in [9.17, 15) is 9.59 Å². The number of fused-ring (bicyclic) bond motifs is 1. The van der Waals surface area contributed by atoms with Crippen LogP contribution in [-0.2, 0) is 17.8 Å². The van der Waals surface area contributed by atoms with Crippen LogP contribution in [0.25, 0.3) is 5.78 Å². The Labute approximate surface area is 169 Å². The Morgan fingerprint density at radius 1 is 1.07 bits per heavy atom. The van der Waals surface area contributed by atoms with E-state index in [1.54, 1.807) is 16.6 Å². The summed E-state index contributed by atoms with van der Waals surface area (Å²) in [7, 11) is 0. The number of rotatable bonds is 8. The molecule has 0 unspecified atom stereocenters. The van der Waals surface area contributed by atoms with Crippen molar-refractivity contribution in [3.8, 4) is 0 Å². The molecule has 3 rings (SSSR count). The summed E-state index contributed by atoms with van der Waals surface area (Å²) < 4.78 is 1.68. The van der Waals surface area contributed by atoms with E-state index >= 15 is 0 Å². The summed E-state index contributed by atoms with van der Waals surface area (Å²) in [4.78, 5) is 33.1. The lowest BCUT2D eigenvalue weighted by molar-refractivity contribution is -0.121. The molecule has 0 saturated carbocycles. The van der Waals surface area contributed by atoms with Gasteiger partial charge < -0.3 is 10.6 Å². The highest BCUT2D eigenvalue weighted by molar-refractivity contribution is 5.94. The summed E-state index contributed by atoms with van der Waals surface area (Å²) in [5.74, 6) is 0.836. The lowest BCUT2D eigenvalue weighted by Gasteiger charge is -2.10. The third-order valence-electron chi connectivity index (χ3n) is 4.71. The van der Waals surface area contributed by atoms with Crippen LogP contribution in [-0.4, -0.2) is 37.9 Å². The van der Waals surface area contributed by atoms with Crippen LogP contribution in [0.15, 0.2) is 30.3 Å². The first kappa shape index (κ1) is 20.4. The van der Waals surface area contributed by atoms with Crippen LogP contribution in [0.4, 0.5) is 0 Å². The number of amides is 2. The normalized spacial score (nSPS) is 10.9. The monoisotopic (exact) mass is 394 g/mol. The molecule has 0 atom stereocenters. The van der Waals surface area contributed by atoms with Gasteiger partial charge in [0.25, 0.3) is 11.7 Å². The molecule has 0 aliphatic carbocycles. The molecule has 152 valence electrons. The lowest BCUT2D eigenvalue weighted by Crippen LogP contribution is -2.24. The molecular formula is C21H26N6O2. The number of hydrogen-bond acceptors (Lipinski definition) is 5. The molecule has 2 amide bonds. The summed E-state index contributed by atoms with van der Waals surface area (Å²) in [6.07, 6.45) is 1.92. The van der Waals surface area contributed by atoms with Crippen LogP contribution < -0.4 is 10.6 Å². The first-order valence-corrected chi connectivity index (χ1v) is 9.81. The topological polar surface area (TPSA) is 101 Å². The molecule has 0 aliphatic heterocycles. The van der Waals surface area contributed by atoms with Gasteiger partial charge >= 0.3 is 0 Å². The van der Waals surface area contributed by atoms with E-state index in [-0.39, 0.29) is 18.4 Å². The van der Waals surface area contributed by atoms with Gasteiger partial charge in [-0.1, -0.05) is 25.1 Å². The zero-order chi connectivity index (χ0) is 20.8. The maximum atomic E-state index is 12.2. The quantitative estimate of drug-likeness (QED) is 0.609. The first-order chi connectivity index (χ1) is 14.0. The van der Waals surface area contributed by atoms with Crippen LogP contribution in [0.3, 0.4) is 0 Å². The molecule has 29 heavy (non-hydrogen) atoms. The van der Waals surface area contributed by atoms with Gasteiger partial charge in [0.2, 0.25) is 5.91 Å². The molecule has 1 aromatic carbocycles. The van der Waals surface area contributed by atoms with Gasteiger partial charge in [0.05, 0.1) is 6.54 Å². The Hall–Kier alpha value is -3.29. The smallest absolute Gasteiger partial charge is 0.252 e. The molecule has 0 aliphatic rings. The van der Waals surface area contributed by atoms with Crippen LogP contribution in [0.2, 0.25) is 0 Å². The second-order valence-electron chi connectivity index (χ2n) is 6.90. The van der Waals surface area contributed by atoms with E-state index < -0.39 is 0 Å². The standard InChI is InChI=1S/C21H26N6O2/c1-4-12-22-19(28)11-10-17-14(2)24-21-25-18(26-27(21)15(17)3)13-23-20(29)16-8-6-5-7-9-16/h5-9H,4,10-13H2,1-3H3,(H,22,28)(H,23,29). The highest BCUT2D eigenvalue weighted by Gasteiger charge is 2.15. The van der Waals surface area contributed by atoms with E-state index in [2.05, 4.69) is 25.7 Å². The van der Waals surface area contributed by atoms with Crippen molar-refractivity contribution in [1.29, 1.82) is 0 Å². The van der Waals surface area contributed by atoms with Crippen molar-refractivity contribution in [3.05, 3.63) is 58.7 Å². The van der Waals surface area contributed by atoms with Crippen molar-refractivity contribution in [2.75, 3.05) is 6.54 Å². The molecule has 8 nitrogen and oxygen atoms in total. The van der Waals surface area contributed by atoms with Gasteiger partial charge in [-0.25, -0.2) is 9.50 Å². The minimum Gasteiger partial charge on any atom is -0.356 e. The molecule has 0 radical (unpaired) electrons. The summed E-state index contributed by atoms with van der Waals surface area (Å²) in [6, 6.07) is 9.01. The number of nitrogens with zero attached hydrogens (tertiary/aromatic N) is 4. The van der Waals surface area contributed by atoms with Crippen LogP contribution in [0, 0.1) is 13.8 Å². The number of carbonyl (C=O) groups excluding carboxylic acids is 2. The average Bonchev–Trinajstić information content (AvgIpc) is 3.14. The van der Waals surface area contributed by atoms with Crippen molar-refractivity contribution >= 4 is 17.6 Å². The largest absolute Gasteiger partial charge is 0.356 e.